The van der Waals surface area contributed by atoms with Crippen LogP contribution >= 0.6 is 11.6 Å². The SMILES string of the molecule is CC(C)CCN=c1c([N+](=O)[O-])nn(-c2ccc(Cl)cc2)n1O. The maximum Gasteiger partial charge on any atom is 0.438 e. The fourth-order valence-electron chi connectivity index (χ4n) is 1.78. The average Bonchev–Trinajstić information content (AvgIpc) is 2.77. The predicted octanol–water partition coefficient (Wildman–Crippen LogP) is 2.42. The van der Waals surface area contributed by atoms with E-state index in [9.17, 15) is 15.3 Å². The van der Waals surface area contributed by atoms with Crippen LogP contribution in [0.15, 0.2) is 29.3 Å². The minimum Gasteiger partial charge on any atom is -0.409 e. The van der Waals surface area contributed by atoms with Crippen LogP contribution in [0, 0.1) is 16.0 Å². The molecule has 8 nitrogen and oxygen atoms in total. The third-order valence-electron chi connectivity index (χ3n) is 2.96. The highest BCUT2D eigenvalue weighted by Crippen LogP contribution is 2.13. The Morgan fingerprint density at radius 2 is 2.05 bits per heavy atom. The van der Waals surface area contributed by atoms with Crippen molar-refractivity contribution in [3.8, 4) is 5.69 Å². The maximum absolute atomic E-state index is 11.1. The van der Waals surface area contributed by atoms with Crippen molar-refractivity contribution < 1.29 is 10.1 Å². The molecule has 1 aromatic carbocycles. The van der Waals surface area contributed by atoms with Crippen LogP contribution in [0.5, 0.6) is 0 Å². The molecule has 0 unspecified atom stereocenters. The highest BCUT2D eigenvalue weighted by atomic mass is 35.5. The number of aromatic nitrogens is 3. The van der Waals surface area contributed by atoms with Gasteiger partial charge in [-0.05, 0) is 46.3 Å². The Kier molecular flexibility index (Phi) is 4.81. The molecule has 0 amide bonds. The summed E-state index contributed by atoms with van der Waals surface area (Å²) in [6.07, 6.45) is 0.753. The molecule has 0 radical (unpaired) electrons. The predicted molar refractivity (Wildman–Crippen MR) is 80.3 cm³/mol. The molecule has 0 saturated heterocycles. The molecule has 0 atom stereocenters. The molecule has 22 heavy (non-hydrogen) atoms. The Hall–Kier alpha value is -2.35. The summed E-state index contributed by atoms with van der Waals surface area (Å²) in [4.78, 5) is 16.1. The molecule has 0 aliphatic carbocycles. The topological polar surface area (TPSA) is 98.5 Å². The summed E-state index contributed by atoms with van der Waals surface area (Å²) in [5, 5.41) is 25.5. The Bertz CT molecular complexity index is 733. The summed E-state index contributed by atoms with van der Waals surface area (Å²) in [5.74, 6) is -0.0949. The van der Waals surface area contributed by atoms with Crippen LogP contribution in [-0.2, 0) is 0 Å². The number of benzene rings is 1. The van der Waals surface area contributed by atoms with Crippen molar-refractivity contribution in [2.24, 2.45) is 10.9 Å². The van der Waals surface area contributed by atoms with Crippen molar-refractivity contribution in [2.75, 3.05) is 6.54 Å². The molecule has 0 saturated carbocycles. The van der Waals surface area contributed by atoms with Gasteiger partial charge >= 0.3 is 5.82 Å². The van der Waals surface area contributed by atoms with Crippen LogP contribution in [0.2, 0.25) is 5.02 Å². The van der Waals surface area contributed by atoms with E-state index >= 15 is 0 Å². The van der Waals surface area contributed by atoms with E-state index in [0.29, 0.717) is 28.0 Å². The van der Waals surface area contributed by atoms with Gasteiger partial charge < -0.3 is 15.3 Å². The van der Waals surface area contributed by atoms with Crippen LogP contribution in [0.1, 0.15) is 20.3 Å². The van der Waals surface area contributed by atoms with Crippen molar-refractivity contribution in [1.82, 2.24) is 14.7 Å². The van der Waals surface area contributed by atoms with Crippen molar-refractivity contribution in [3.05, 3.63) is 44.9 Å². The zero-order chi connectivity index (χ0) is 16.3. The smallest absolute Gasteiger partial charge is 0.409 e. The minimum atomic E-state index is -0.673. The number of rotatable bonds is 5. The molecule has 0 aliphatic rings. The van der Waals surface area contributed by atoms with Crippen molar-refractivity contribution >= 4 is 17.4 Å². The minimum absolute atomic E-state index is 0.180. The largest absolute Gasteiger partial charge is 0.438 e. The lowest BCUT2D eigenvalue weighted by Crippen LogP contribution is -2.22. The van der Waals surface area contributed by atoms with Crippen molar-refractivity contribution in [1.29, 1.82) is 0 Å². The van der Waals surface area contributed by atoms with E-state index in [0.717, 1.165) is 11.2 Å². The van der Waals surface area contributed by atoms with Crippen LogP contribution in [0.25, 0.3) is 5.69 Å². The number of hydrogen-bond donors (Lipinski definition) is 1. The molecule has 2 rings (SSSR count). The highest BCUT2D eigenvalue weighted by molar-refractivity contribution is 6.30. The average molecular weight is 326 g/mol. The van der Waals surface area contributed by atoms with E-state index in [4.69, 9.17) is 11.6 Å². The summed E-state index contributed by atoms with van der Waals surface area (Å²) in [7, 11) is 0. The molecular weight excluding hydrogens is 310 g/mol. The van der Waals surface area contributed by atoms with E-state index < -0.39 is 10.7 Å². The first-order valence-electron chi connectivity index (χ1n) is 6.72. The molecule has 1 aromatic heterocycles. The number of nitrogens with zero attached hydrogens (tertiary/aromatic N) is 5. The lowest BCUT2D eigenvalue weighted by atomic mass is 10.1. The van der Waals surface area contributed by atoms with Gasteiger partial charge in [-0.25, -0.2) is 0 Å². The molecule has 0 spiro atoms. The first-order valence-corrected chi connectivity index (χ1v) is 7.10. The van der Waals surface area contributed by atoms with Gasteiger partial charge in [-0.15, -0.1) is 0 Å². The van der Waals surface area contributed by atoms with Crippen LogP contribution < -0.4 is 5.49 Å². The number of halogens is 1. The van der Waals surface area contributed by atoms with Crippen LogP contribution in [0.4, 0.5) is 5.82 Å². The second kappa shape index (κ2) is 6.61. The van der Waals surface area contributed by atoms with Crippen LogP contribution in [-0.4, -0.2) is 31.4 Å². The molecule has 1 heterocycles. The number of hydrogen-bond acceptors (Lipinski definition) is 5. The third kappa shape index (κ3) is 3.45. The lowest BCUT2D eigenvalue weighted by molar-refractivity contribution is -0.391. The Labute approximate surface area is 131 Å². The molecule has 0 bridgehead atoms. The fraction of sp³-hybridized carbons (Fsp3) is 0.385. The van der Waals surface area contributed by atoms with Gasteiger partial charge in [-0.3, -0.25) is 4.99 Å². The summed E-state index contributed by atoms with van der Waals surface area (Å²) in [6, 6.07) is 6.37. The summed E-state index contributed by atoms with van der Waals surface area (Å²) in [6.45, 7) is 4.41. The van der Waals surface area contributed by atoms with Gasteiger partial charge in [-0.1, -0.05) is 30.3 Å². The quantitative estimate of drug-likeness (QED) is 0.518. The number of nitro groups is 1. The Morgan fingerprint density at radius 3 is 2.59 bits per heavy atom. The molecule has 9 heteroatoms. The van der Waals surface area contributed by atoms with E-state index in [-0.39, 0.29) is 5.49 Å². The normalized spacial score (nSPS) is 12.1. The zero-order valence-corrected chi connectivity index (χ0v) is 12.9. The molecule has 1 N–H and O–H groups in total. The van der Waals surface area contributed by atoms with Crippen molar-refractivity contribution in [3.63, 3.8) is 0 Å². The van der Waals surface area contributed by atoms with E-state index in [1.54, 1.807) is 24.3 Å². The first kappa shape index (κ1) is 16.0. The van der Waals surface area contributed by atoms with Gasteiger partial charge in [0.15, 0.2) is 0 Å². The molecule has 2 aromatic rings. The summed E-state index contributed by atoms with van der Waals surface area (Å²) in [5.41, 5.74) is 0.251. The Morgan fingerprint density at radius 1 is 1.41 bits per heavy atom. The third-order valence-corrected chi connectivity index (χ3v) is 3.21. The molecule has 0 aliphatic heterocycles. The van der Waals surface area contributed by atoms with Gasteiger partial charge in [0.2, 0.25) is 0 Å². The van der Waals surface area contributed by atoms with Gasteiger partial charge in [-0.2, -0.15) is 0 Å². The van der Waals surface area contributed by atoms with E-state index in [2.05, 4.69) is 10.1 Å². The second-order valence-corrected chi connectivity index (χ2v) is 5.56. The monoisotopic (exact) mass is 325 g/mol. The van der Waals surface area contributed by atoms with Crippen molar-refractivity contribution in [2.45, 2.75) is 20.3 Å². The molecule has 0 fully saturated rings. The summed E-state index contributed by atoms with van der Waals surface area (Å²) >= 11 is 5.80. The summed E-state index contributed by atoms with van der Waals surface area (Å²) < 4.78 is 0. The first-order chi connectivity index (χ1) is 10.4. The molecule has 118 valence electrons. The van der Waals surface area contributed by atoms with Gasteiger partial charge in [0.1, 0.15) is 5.69 Å². The standard InChI is InChI=1S/C13H16ClN5O3/c1-9(2)7-8-15-12-13(19(21)22)16-17(18(12)20)11-5-3-10(14)4-6-11/h3-6,9,20H,7-8H2,1-2H3. The fourth-order valence-corrected chi connectivity index (χ4v) is 1.90. The maximum atomic E-state index is 11.1. The van der Waals surface area contributed by atoms with E-state index in [1.807, 2.05) is 13.8 Å². The van der Waals surface area contributed by atoms with Gasteiger partial charge in [0, 0.05) is 11.6 Å². The van der Waals surface area contributed by atoms with Gasteiger partial charge in [0.05, 0.1) is 5.10 Å². The Balaban J connectivity index is 2.49. The van der Waals surface area contributed by atoms with Crippen LogP contribution in [0.3, 0.4) is 0 Å². The second-order valence-electron chi connectivity index (χ2n) is 5.12. The lowest BCUT2D eigenvalue weighted by Gasteiger charge is -2.00. The molecular formula is C13H16ClN5O3. The highest BCUT2D eigenvalue weighted by Gasteiger charge is 2.23. The zero-order valence-electron chi connectivity index (χ0n) is 12.2. The van der Waals surface area contributed by atoms with Gasteiger partial charge in [0.25, 0.3) is 5.49 Å². The van der Waals surface area contributed by atoms with E-state index in [1.165, 1.54) is 0 Å².